The maximum atomic E-state index is 11.9. The molecule has 1 aromatic rings. The lowest BCUT2D eigenvalue weighted by Crippen LogP contribution is -2.24. The molecule has 5 N–H and O–H groups in total. The molecule has 1 aromatic carbocycles. The van der Waals surface area contributed by atoms with Crippen molar-refractivity contribution < 1.29 is 4.79 Å². The quantitative estimate of drug-likeness (QED) is 0.452. The summed E-state index contributed by atoms with van der Waals surface area (Å²) in [6.07, 6.45) is 0.873. The van der Waals surface area contributed by atoms with Crippen LogP contribution in [0.15, 0.2) is 24.3 Å². The summed E-state index contributed by atoms with van der Waals surface area (Å²) >= 11 is 0. The van der Waals surface area contributed by atoms with Gasteiger partial charge >= 0.3 is 0 Å². The van der Waals surface area contributed by atoms with Crippen LogP contribution in [0, 0.1) is 11.3 Å². The molecular formula is C12H16N4O. The molecule has 1 amide bonds. The summed E-state index contributed by atoms with van der Waals surface area (Å²) < 4.78 is 0. The predicted molar refractivity (Wildman–Crippen MR) is 67.1 cm³/mol. The van der Waals surface area contributed by atoms with E-state index in [1.54, 1.807) is 24.3 Å². The van der Waals surface area contributed by atoms with Crippen molar-refractivity contribution in [1.29, 1.82) is 5.41 Å². The van der Waals surface area contributed by atoms with E-state index in [0.717, 1.165) is 19.5 Å². The summed E-state index contributed by atoms with van der Waals surface area (Å²) in [4.78, 5) is 11.9. The van der Waals surface area contributed by atoms with Crippen molar-refractivity contribution in [3.8, 4) is 0 Å². The molecule has 1 atom stereocenters. The van der Waals surface area contributed by atoms with Crippen molar-refractivity contribution in [2.45, 2.75) is 6.42 Å². The Morgan fingerprint density at radius 2 is 2.35 bits per heavy atom. The zero-order chi connectivity index (χ0) is 12.3. The van der Waals surface area contributed by atoms with E-state index in [-0.39, 0.29) is 17.7 Å². The van der Waals surface area contributed by atoms with Crippen molar-refractivity contribution in [2.24, 2.45) is 11.7 Å². The second-order valence-electron chi connectivity index (χ2n) is 4.17. The van der Waals surface area contributed by atoms with Gasteiger partial charge in [0, 0.05) is 17.8 Å². The molecule has 0 radical (unpaired) electrons. The Balaban J connectivity index is 2.05. The van der Waals surface area contributed by atoms with E-state index < -0.39 is 0 Å². The summed E-state index contributed by atoms with van der Waals surface area (Å²) in [5.74, 6) is 0.0651. The number of hydrogen-bond donors (Lipinski definition) is 4. The van der Waals surface area contributed by atoms with Crippen LogP contribution in [0.3, 0.4) is 0 Å². The van der Waals surface area contributed by atoms with E-state index in [1.807, 2.05) is 0 Å². The van der Waals surface area contributed by atoms with Crippen LogP contribution in [-0.2, 0) is 4.79 Å². The summed E-state index contributed by atoms with van der Waals surface area (Å²) in [7, 11) is 0. The average Bonchev–Trinajstić information content (AvgIpc) is 2.82. The molecule has 5 heteroatoms. The maximum absolute atomic E-state index is 11.9. The van der Waals surface area contributed by atoms with Crippen LogP contribution in [0.2, 0.25) is 0 Å². The lowest BCUT2D eigenvalue weighted by molar-refractivity contribution is -0.119. The van der Waals surface area contributed by atoms with Crippen LogP contribution >= 0.6 is 0 Å². The third kappa shape index (κ3) is 2.82. The minimum absolute atomic E-state index is 0.00336. The molecule has 5 nitrogen and oxygen atoms in total. The van der Waals surface area contributed by atoms with Gasteiger partial charge in [-0.15, -0.1) is 0 Å². The molecule has 0 spiro atoms. The Kier molecular flexibility index (Phi) is 3.39. The predicted octanol–water partition coefficient (Wildman–Crippen LogP) is 0.519. The monoisotopic (exact) mass is 232 g/mol. The van der Waals surface area contributed by atoms with Crippen LogP contribution in [0.25, 0.3) is 0 Å². The summed E-state index contributed by atoms with van der Waals surface area (Å²) in [6, 6.07) is 7.03. The molecule has 17 heavy (non-hydrogen) atoms. The fraction of sp³-hybridized carbons (Fsp3) is 0.333. The molecule has 0 aromatic heterocycles. The first kappa shape index (κ1) is 11.6. The molecule has 1 fully saturated rings. The van der Waals surface area contributed by atoms with Gasteiger partial charge in [0.05, 0.1) is 5.92 Å². The minimum atomic E-state index is 0.00336. The van der Waals surface area contributed by atoms with Gasteiger partial charge in [0.15, 0.2) is 0 Å². The molecule has 0 saturated carbocycles. The van der Waals surface area contributed by atoms with Crippen LogP contribution < -0.4 is 16.4 Å². The Morgan fingerprint density at radius 1 is 1.53 bits per heavy atom. The third-order valence-electron chi connectivity index (χ3n) is 2.87. The summed E-state index contributed by atoms with van der Waals surface area (Å²) in [6.45, 7) is 1.63. The third-order valence-corrected chi connectivity index (χ3v) is 2.87. The largest absolute Gasteiger partial charge is 0.384 e. The average molecular weight is 232 g/mol. The lowest BCUT2D eigenvalue weighted by Gasteiger charge is -2.10. The number of nitrogen functional groups attached to an aromatic ring is 1. The number of nitrogens with two attached hydrogens (primary N) is 1. The number of anilines is 1. The number of benzene rings is 1. The van der Waals surface area contributed by atoms with Crippen molar-refractivity contribution >= 4 is 17.4 Å². The van der Waals surface area contributed by atoms with E-state index in [1.165, 1.54) is 0 Å². The highest BCUT2D eigenvalue weighted by Gasteiger charge is 2.22. The number of hydrogen-bond acceptors (Lipinski definition) is 3. The molecule has 0 bridgehead atoms. The molecule has 0 aliphatic carbocycles. The van der Waals surface area contributed by atoms with Gasteiger partial charge in [0.25, 0.3) is 0 Å². The fourth-order valence-corrected chi connectivity index (χ4v) is 1.89. The smallest absolute Gasteiger partial charge is 0.228 e. The minimum Gasteiger partial charge on any atom is -0.384 e. The van der Waals surface area contributed by atoms with Crippen molar-refractivity contribution in [3.05, 3.63) is 29.8 Å². The number of carbonyl (C=O) groups is 1. The molecular weight excluding hydrogens is 216 g/mol. The fourth-order valence-electron chi connectivity index (χ4n) is 1.89. The Labute approximate surface area is 99.9 Å². The highest BCUT2D eigenvalue weighted by atomic mass is 16.1. The summed E-state index contributed by atoms with van der Waals surface area (Å²) in [5.41, 5.74) is 6.70. The van der Waals surface area contributed by atoms with Crippen molar-refractivity contribution in [3.63, 3.8) is 0 Å². The maximum Gasteiger partial charge on any atom is 0.228 e. The SMILES string of the molecule is N=C(N)c1cccc(NC(=O)C2CCNC2)c1. The van der Waals surface area contributed by atoms with Crippen molar-refractivity contribution in [2.75, 3.05) is 18.4 Å². The van der Waals surface area contributed by atoms with E-state index in [9.17, 15) is 4.79 Å². The normalized spacial score (nSPS) is 18.9. The Bertz CT molecular complexity index is 438. The second-order valence-corrected chi connectivity index (χ2v) is 4.17. The van der Waals surface area contributed by atoms with Gasteiger partial charge in [0.1, 0.15) is 5.84 Å². The molecule has 1 aliphatic heterocycles. The van der Waals surface area contributed by atoms with Gasteiger partial charge in [-0.05, 0) is 25.1 Å². The topological polar surface area (TPSA) is 91.0 Å². The molecule has 90 valence electrons. The molecule has 1 heterocycles. The number of amidine groups is 1. The molecule has 1 saturated heterocycles. The van der Waals surface area contributed by atoms with Gasteiger partial charge in [-0.2, -0.15) is 0 Å². The summed E-state index contributed by atoms with van der Waals surface area (Å²) in [5, 5.41) is 13.3. The Hall–Kier alpha value is -1.88. The first-order valence-electron chi connectivity index (χ1n) is 5.63. The van der Waals surface area contributed by atoms with Crippen molar-refractivity contribution in [1.82, 2.24) is 5.32 Å². The van der Waals surface area contributed by atoms with Crippen LogP contribution in [0.5, 0.6) is 0 Å². The molecule has 2 rings (SSSR count). The standard InChI is InChI=1S/C12H16N4O/c13-11(14)8-2-1-3-10(6-8)16-12(17)9-4-5-15-7-9/h1-3,6,9,15H,4-5,7H2,(H3,13,14)(H,16,17). The van der Waals surface area contributed by atoms with Gasteiger partial charge in [0.2, 0.25) is 5.91 Å². The number of nitrogens with one attached hydrogen (secondary N) is 3. The second kappa shape index (κ2) is 4.97. The lowest BCUT2D eigenvalue weighted by atomic mass is 10.1. The first-order chi connectivity index (χ1) is 8.16. The highest BCUT2D eigenvalue weighted by molar-refractivity contribution is 5.98. The van der Waals surface area contributed by atoms with Crippen LogP contribution in [-0.4, -0.2) is 24.8 Å². The zero-order valence-corrected chi connectivity index (χ0v) is 9.49. The van der Waals surface area contributed by atoms with Gasteiger partial charge in [-0.1, -0.05) is 12.1 Å². The van der Waals surface area contributed by atoms with Crippen LogP contribution in [0.1, 0.15) is 12.0 Å². The first-order valence-corrected chi connectivity index (χ1v) is 5.63. The number of amides is 1. The highest BCUT2D eigenvalue weighted by Crippen LogP contribution is 2.14. The van der Waals surface area contributed by atoms with Gasteiger partial charge in [-0.3, -0.25) is 10.2 Å². The molecule has 1 aliphatic rings. The van der Waals surface area contributed by atoms with E-state index in [2.05, 4.69) is 10.6 Å². The zero-order valence-electron chi connectivity index (χ0n) is 9.49. The van der Waals surface area contributed by atoms with Gasteiger partial charge in [-0.25, -0.2) is 0 Å². The van der Waals surface area contributed by atoms with E-state index in [0.29, 0.717) is 11.3 Å². The number of rotatable bonds is 3. The van der Waals surface area contributed by atoms with Crippen LogP contribution in [0.4, 0.5) is 5.69 Å². The Morgan fingerprint density at radius 3 is 3.00 bits per heavy atom. The van der Waals surface area contributed by atoms with E-state index >= 15 is 0 Å². The number of carbonyl (C=O) groups excluding carboxylic acids is 1. The molecule has 1 unspecified atom stereocenters. The van der Waals surface area contributed by atoms with E-state index in [4.69, 9.17) is 11.1 Å². The van der Waals surface area contributed by atoms with Gasteiger partial charge < -0.3 is 16.4 Å².